The Labute approximate surface area is 295 Å². The van der Waals surface area contributed by atoms with Crippen LogP contribution in [0.1, 0.15) is 65.3 Å². The Kier molecular flexibility index (Phi) is 8.10. The van der Waals surface area contributed by atoms with Gasteiger partial charge in [0.1, 0.15) is 16.8 Å². The number of rotatable bonds is 10. The highest BCUT2D eigenvalue weighted by molar-refractivity contribution is 6.00. The largest absolute Gasteiger partial charge is 0.454 e. The summed E-state index contributed by atoms with van der Waals surface area (Å²) in [6.45, 7) is 3.38. The third kappa shape index (κ3) is 4.23. The summed E-state index contributed by atoms with van der Waals surface area (Å²) in [5, 5.41) is 26.0. The van der Waals surface area contributed by atoms with Crippen LogP contribution in [0.25, 0.3) is 0 Å². The first kappa shape index (κ1) is 34.2. The van der Waals surface area contributed by atoms with Crippen molar-refractivity contribution in [3.05, 3.63) is 65.2 Å². The third-order valence-electron chi connectivity index (χ3n) is 14.5. The topological polar surface area (TPSA) is 118 Å². The Bertz CT molecular complexity index is 1670. The maximum Gasteiger partial charge on any atom is 0.339 e. The predicted octanol–water partition coefficient (Wildman–Crippen LogP) is 3.75. The zero-order valence-corrected chi connectivity index (χ0v) is 30.1. The van der Waals surface area contributed by atoms with Crippen LogP contribution >= 0.6 is 0 Å². The Hall–Kier alpha value is -2.86. The summed E-state index contributed by atoms with van der Waals surface area (Å²) in [4.78, 5) is 32.4. The molecule has 12 atom stereocenters. The van der Waals surface area contributed by atoms with Gasteiger partial charge < -0.3 is 34.1 Å². The van der Waals surface area contributed by atoms with Crippen LogP contribution in [-0.2, 0) is 25.4 Å². The quantitative estimate of drug-likeness (QED) is 0.282. The Morgan fingerprint density at radius 1 is 0.960 bits per heavy atom. The molecule has 1 heterocycles. The first-order valence-electron chi connectivity index (χ1n) is 18.3. The lowest BCUT2D eigenvalue weighted by Crippen LogP contribution is -2.83. The molecule has 5 aliphatic carbocycles. The third-order valence-corrected chi connectivity index (χ3v) is 14.5. The number of aliphatic hydroxyl groups is 2. The molecule has 270 valence electrons. The molecule has 5 saturated carbocycles. The Balaban J connectivity index is 1.17. The van der Waals surface area contributed by atoms with Crippen molar-refractivity contribution in [2.75, 3.05) is 53.4 Å². The van der Waals surface area contributed by atoms with Gasteiger partial charge in [-0.05, 0) is 68.1 Å². The normalized spacial score (nSPS) is 42.3. The van der Waals surface area contributed by atoms with Gasteiger partial charge >= 0.3 is 5.97 Å². The molecule has 4 unspecified atom stereocenters. The Morgan fingerprint density at radius 3 is 2.36 bits per heavy atom. The van der Waals surface area contributed by atoms with Gasteiger partial charge in [-0.25, -0.2) is 4.79 Å². The summed E-state index contributed by atoms with van der Waals surface area (Å²) >= 11 is 0. The minimum atomic E-state index is -1.49. The molecule has 6 fully saturated rings. The van der Waals surface area contributed by atoms with Crippen LogP contribution in [0.2, 0.25) is 0 Å². The smallest absolute Gasteiger partial charge is 0.339 e. The number of likely N-dealkylation sites (tertiary alicyclic amines) is 1. The molecule has 50 heavy (non-hydrogen) atoms. The zero-order valence-electron chi connectivity index (χ0n) is 30.1. The summed E-state index contributed by atoms with van der Waals surface area (Å²) in [5.74, 6) is -1.35. The van der Waals surface area contributed by atoms with Crippen LogP contribution in [0.4, 0.5) is 5.69 Å². The Morgan fingerprint density at radius 2 is 1.70 bits per heavy atom. The fourth-order valence-electron chi connectivity index (χ4n) is 12.7. The van der Waals surface area contributed by atoms with Crippen molar-refractivity contribution in [1.29, 1.82) is 0 Å². The van der Waals surface area contributed by atoms with E-state index in [4.69, 9.17) is 18.9 Å². The highest BCUT2D eigenvalue weighted by Gasteiger charge is 2.89. The lowest BCUT2D eigenvalue weighted by molar-refractivity contribution is -0.337. The lowest BCUT2D eigenvalue weighted by Gasteiger charge is -2.70. The van der Waals surface area contributed by atoms with Gasteiger partial charge in [-0.2, -0.15) is 0 Å². The van der Waals surface area contributed by atoms with E-state index in [0.717, 1.165) is 5.69 Å². The molecule has 7 bridgehead atoms. The first-order chi connectivity index (χ1) is 23.9. The number of esters is 1. The number of carbonyl (C=O) groups excluding carboxylic acids is 2. The average molecular weight is 689 g/mol. The number of ether oxygens (including phenoxy) is 4. The van der Waals surface area contributed by atoms with E-state index < -0.39 is 34.3 Å². The van der Waals surface area contributed by atoms with Gasteiger partial charge in [0.2, 0.25) is 0 Å². The molecule has 0 aromatic heterocycles. The van der Waals surface area contributed by atoms with Gasteiger partial charge in [0, 0.05) is 101 Å². The van der Waals surface area contributed by atoms with Crippen LogP contribution in [0.15, 0.2) is 48.5 Å². The van der Waals surface area contributed by atoms with Crippen LogP contribution in [0.3, 0.4) is 0 Å². The van der Waals surface area contributed by atoms with Gasteiger partial charge in [0.15, 0.2) is 5.78 Å². The summed E-state index contributed by atoms with van der Waals surface area (Å²) in [5.41, 5.74) is -1.74. The van der Waals surface area contributed by atoms with E-state index in [2.05, 4.69) is 11.8 Å². The minimum Gasteiger partial charge on any atom is -0.454 e. The maximum absolute atomic E-state index is 14.5. The molecule has 0 amide bonds. The van der Waals surface area contributed by atoms with Gasteiger partial charge in [-0.15, -0.1) is 0 Å². The number of nitrogens with zero attached hydrogens (tertiary/aromatic N) is 2. The second kappa shape index (κ2) is 11.8. The van der Waals surface area contributed by atoms with Crippen molar-refractivity contribution in [3.63, 3.8) is 0 Å². The van der Waals surface area contributed by atoms with Crippen LogP contribution in [0.5, 0.6) is 0 Å². The van der Waals surface area contributed by atoms with Crippen LogP contribution in [-0.4, -0.2) is 117 Å². The molecule has 0 radical (unpaired) electrons. The molecular formula is C40H52N2O8. The minimum absolute atomic E-state index is 0.0551. The van der Waals surface area contributed by atoms with E-state index in [9.17, 15) is 19.8 Å². The van der Waals surface area contributed by atoms with Crippen LogP contribution in [0, 0.1) is 29.1 Å². The van der Waals surface area contributed by atoms with Crippen molar-refractivity contribution in [1.82, 2.24) is 4.90 Å². The second-order valence-electron chi connectivity index (χ2n) is 16.2. The maximum atomic E-state index is 14.5. The summed E-state index contributed by atoms with van der Waals surface area (Å²) in [6.07, 6.45) is 1.93. The summed E-state index contributed by atoms with van der Waals surface area (Å²) in [7, 11) is 9.00. The molecule has 8 rings (SSSR count). The highest BCUT2D eigenvalue weighted by atomic mass is 16.6. The molecule has 2 N–H and O–H groups in total. The average Bonchev–Trinajstić information content (AvgIpc) is 3.54. The van der Waals surface area contributed by atoms with Gasteiger partial charge in [-0.1, -0.05) is 25.1 Å². The van der Waals surface area contributed by atoms with Gasteiger partial charge in [-0.3, -0.25) is 9.69 Å². The lowest BCUT2D eigenvalue weighted by atomic mass is 9.44. The first-order valence-corrected chi connectivity index (χ1v) is 18.3. The van der Waals surface area contributed by atoms with Crippen LogP contribution < -0.4 is 4.90 Å². The molecule has 10 nitrogen and oxygen atoms in total. The number of ketones is 1. The van der Waals surface area contributed by atoms with Crippen molar-refractivity contribution < 1.29 is 38.7 Å². The summed E-state index contributed by atoms with van der Waals surface area (Å²) in [6, 6.07) is 14.7. The number of benzene rings is 2. The number of hydrogen-bond donors (Lipinski definition) is 2. The van der Waals surface area contributed by atoms with E-state index >= 15 is 0 Å². The molecule has 1 spiro atoms. The predicted molar refractivity (Wildman–Crippen MR) is 186 cm³/mol. The number of likely N-dealkylation sites (N-methyl/N-ethyl adjacent to an activating group) is 1. The molecule has 10 heteroatoms. The second-order valence-corrected chi connectivity index (χ2v) is 16.2. The van der Waals surface area contributed by atoms with E-state index in [1.807, 2.05) is 61.5 Å². The molecule has 2 aromatic rings. The fraction of sp³-hybridized carbons (Fsp3) is 0.650. The van der Waals surface area contributed by atoms with Crippen molar-refractivity contribution >= 4 is 17.4 Å². The van der Waals surface area contributed by atoms with E-state index in [0.29, 0.717) is 61.9 Å². The van der Waals surface area contributed by atoms with Crippen molar-refractivity contribution in [2.24, 2.45) is 29.1 Å². The van der Waals surface area contributed by atoms with Gasteiger partial charge in [0.05, 0.1) is 23.9 Å². The van der Waals surface area contributed by atoms with Crippen molar-refractivity contribution in [3.8, 4) is 0 Å². The fourth-order valence-corrected chi connectivity index (χ4v) is 12.7. The zero-order chi connectivity index (χ0) is 35.4. The van der Waals surface area contributed by atoms with Gasteiger partial charge in [0.25, 0.3) is 0 Å². The standard InChI is InChI=1S/C40H52N2O8/c1-7-42-22-37(50-36(44)26-11-9-8-10-24(26)18-29(43)23-12-14-25(15-13-23)41(2)3)17-16-33(48-5)39-31(37)20-28(34(39)42)38(45)21-30(47-4)27-19-32(39)40(38,46)35(27)49-6/h8-15,27-28,30-35,45-46H,7,16-22H2,1-6H3/t27-,28?,30+,31?,32?,33+,34-,35+,37-,38+,39?,40+/m1/s1. The molecule has 1 aliphatic heterocycles. The molecule has 2 aromatic carbocycles. The number of Topliss-reactive ketones (excluding diaryl/α,β-unsaturated/α-hetero) is 1. The number of methoxy groups -OCH3 is 3. The molecule has 6 aliphatic rings. The van der Waals surface area contributed by atoms with E-state index in [-0.39, 0.29) is 54.1 Å². The number of piperidine rings is 1. The molecular weight excluding hydrogens is 636 g/mol. The monoisotopic (exact) mass is 688 g/mol. The van der Waals surface area contributed by atoms with Crippen molar-refractivity contribution in [2.45, 2.75) is 86.6 Å². The summed E-state index contributed by atoms with van der Waals surface area (Å²) < 4.78 is 25.4. The number of fused-ring (bicyclic) bond motifs is 2. The van der Waals surface area contributed by atoms with E-state index in [1.165, 1.54) is 0 Å². The highest BCUT2D eigenvalue weighted by Crippen LogP contribution is 2.79. The SMILES string of the molecule is CCN1C[C@]2(OC(=O)c3ccccc3CC(=O)c3ccc(N(C)C)cc3)CC[C@H](OC)C34C2CC([C@@H]13)[C@@]1(O)C[C@H](OC)[C@H]2CC4[C@]1(O)[C@H]2OC. The van der Waals surface area contributed by atoms with E-state index in [1.54, 1.807) is 27.4 Å². The number of carbonyl (C=O) groups is 2. The molecule has 1 saturated heterocycles. The number of anilines is 1. The number of hydrogen-bond acceptors (Lipinski definition) is 10.